The highest BCUT2D eigenvalue weighted by Gasteiger charge is 2.34. The van der Waals surface area contributed by atoms with Gasteiger partial charge in [0.25, 0.3) is 5.89 Å². The maximum Gasteiger partial charge on any atom is 0.309 e. The SMILES string of the molecule is CC(OC(=O)C1CCN(S(=O)(=O)c2cccnc2)CC1)c1nc(-c2cccnc2)no1. The molecule has 1 fully saturated rings. The average molecular weight is 443 g/mol. The monoisotopic (exact) mass is 443 g/mol. The third-order valence-corrected chi connectivity index (χ3v) is 6.94. The number of nitrogens with zero attached hydrogens (tertiary/aromatic N) is 5. The van der Waals surface area contributed by atoms with Crippen LogP contribution in [0.2, 0.25) is 0 Å². The van der Waals surface area contributed by atoms with Gasteiger partial charge in [-0.1, -0.05) is 5.16 Å². The summed E-state index contributed by atoms with van der Waals surface area (Å²) < 4.78 is 37.5. The van der Waals surface area contributed by atoms with E-state index in [1.54, 1.807) is 37.5 Å². The van der Waals surface area contributed by atoms with Crippen LogP contribution >= 0.6 is 0 Å². The van der Waals surface area contributed by atoms with Crippen molar-refractivity contribution in [2.45, 2.75) is 30.8 Å². The second-order valence-corrected chi connectivity index (χ2v) is 9.08. The quantitative estimate of drug-likeness (QED) is 0.527. The molecule has 11 heteroatoms. The van der Waals surface area contributed by atoms with E-state index in [1.807, 2.05) is 0 Å². The van der Waals surface area contributed by atoms with Crippen molar-refractivity contribution in [2.75, 3.05) is 13.1 Å². The molecule has 0 spiro atoms. The summed E-state index contributed by atoms with van der Waals surface area (Å²) in [6.45, 7) is 2.12. The van der Waals surface area contributed by atoms with Gasteiger partial charge in [-0.05, 0) is 44.0 Å². The van der Waals surface area contributed by atoms with Gasteiger partial charge >= 0.3 is 5.97 Å². The van der Waals surface area contributed by atoms with E-state index in [2.05, 4.69) is 20.1 Å². The highest BCUT2D eigenvalue weighted by molar-refractivity contribution is 7.89. The number of rotatable bonds is 6. The maximum absolute atomic E-state index is 12.7. The maximum atomic E-state index is 12.7. The lowest BCUT2D eigenvalue weighted by Gasteiger charge is -2.30. The van der Waals surface area contributed by atoms with E-state index in [4.69, 9.17) is 9.26 Å². The topological polar surface area (TPSA) is 128 Å². The van der Waals surface area contributed by atoms with Gasteiger partial charge in [-0.2, -0.15) is 9.29 Å². The molecule has 4 rings (SSSR count). The fourth-order valence-electron chi connectivity index (χ4n) is 3.31. The number of hydrogen-bond donors (Lipinski definition) is 0. The summed E-state index contributed by atoms with van der Waals surface area (Å²) in [5.74, 6) is -0.265. The van der Waals surface area contributed by atoms with Gasteiger partial charge in [0.2, 0.25) is 15.8 Å². The molecule has 0 amide bonds. The molecule has 1 saturated heterocycles. The molecule has 0 N–H and O–H groups in total. The van der Waals surface area contributed by atoms with Crippen molar-refractivity contribution in [3.63, 3.8) is 0 Å². The summed E-state index contributed by atoms with van der Waals surface area (Å²) in [5, 5.41) is 3.90. The van der Waals surface area contributed by atoms with Crippen molar-refractivity contribution in [2.24, 2.45) is 5.92 Å². The first-order valence-electron chi connectivity index (χ1n) is 9.80. The number of pyridine rings is 2. The van der Waals surface area contributed by atoms with E-state index in [-0.39, 0.29) is 23.9 Å². The molecule has 31 heavy (non-hydrogen) atoms. The standard InChI is InChI=1S/C20H21N5O5S/c1-14(19-23-18(24-30-19)16-4-2-8-21-12-16)29-20(26)15-6-10-25(11-7-15)31(27,28)17-5-3-9-22-13-17/h2-5,8-9,12-15H,6-7,10-11H2,1H3. The second kappa shape index (κ2) is 8.90. The van der Waals surface area contributed by atoms with E-state index in [0.717, 1.165) is 0 Å². The van der Waals surface area contributed by atoms with Gasteiger partial charge in [0.15, 0.2) is 6.10 Å². The number of ether oxygens (including phenoxy) is 1. The van der Waals surface area contributed by atoms with E-state index in [0.29, 0.717) is 24.2 Å². The molecule has 1 unspecified atom stereocenters. The Labute approximate surface area is 179 Å². The predicted octanol–water partition coefficient (Wildman–Crippen LogP) is 2.23. The van der Waals surface area contributed by atoms with Gasteiger partial charge in [-0.15, -0.1) is 0 Å². The van der Waals surface area contributed by atoms with Crippen molar-refractivity contribution < 1.29 is 22.5 Å². The molecule has 162 valence electrons. The Morgan fingerprint density at radius 1 is 1.16 bits per heavy atom. The van der Waals surface area contributed by atoms with E-state index in [9.17, 15) is 13.2 Å². The average Bonchev–Trinajstić information content (AvgIpc) is 3.31. The summed E-state index contributed by atoms with van der Waals surface area (Å²) in [7, 11) is -3.62. The second-order valence-electron chi connectivity index (χ2n) is 7.14. The molecule has 0 aliphatic carbocycles. The number of carbonyl (C=O) groups is 1. The highest BCUT2D eigenvalue weighted by atomic mass is 32.2. The molecule has 3 aromatic rings. The number of aromatic nitrogens is 4. The number of esters is 1. The fourth-order valence-corrected chi connectivity index (χ4v) is 4.75. The molecular weight excluding hydrogens is 422 g/mol. The lowest BCUT2D eigenvalue weighted by molar-refractivity contribution is -0.156. The van der Waals surface area contributed by atoms with Gasteiger partial charge in [0.1, 0.15) is 4.90 Å². The zero-order valence-electron chi connectivity index (χ0n) is 16.8. The van der Waals surface area contributed by atoms with Gasteiger partial charge in [-0.25, -0.2) is 8.42 Å². The summed E-state index contributed by atoms with van der Waals surface area (Å²) in [6, 6.07) is 6.64. The Balaban J connectivity index is 1.34. The minimum atomic E-state index is -3.62. The normalized spacial score (nSPS) is 16.7. The highest BCUT2D eigenvalue weighted by Crippen LogP contribution is 2.27. The molecule has 1 aliphatic heterocycles. The molecule has 0 saturated carbocycles. The van der Waals surface area contributed by atoms with E-state index >= 15 is 0 Å². The van der Waals surface area contributed by atoms with Crippen LogP contribution in [-0.4, -0.2) is 51.9 Å². The van der Waals surface area contributed by atoms with Gasteiger partial charge in [0.05, 0.1) is 5.92 Å². The van der Waals surface area contributed by atoms with Crippen LogP contribution in [0.3, 0.4) is 0 Å². The molecular formula is C20H21N5O5S. The van der Waals surface area contributed by atoms with Crippen LogP contribution in [0.15, 0.2) is 58.5 Å². The Hall–Kier alpha value is -3.18. The zero-order valence-corrected chi connectivity index (χ0v) is 17.6. The third-order valence-electron chi connectivity index (χ3n) is 5.06. The Kier molecular flexibility index (Phi) is 6.05. The predicted molar refractivity (Wildman–Crippen MR) is 108 cm³/mol. The molecule has 3 aromatic heterocycles. The first kappa shape index (κ1) is 21.1. The number of piperidine rings is 1. The largest absolute Gasteiger partial charge is 0.452 e. The van der Waals surface area contributed by atoms with Gasteiger partial charge < -0.3 is 9.26 Å². The van der Waals surface area contributed by atoms with Crippen molar-refractivity contribution in [1.29, 1.82) is 0 Å². The van der Waals surface area contributed by atoms with Gasteiger partial charge in [-0.3, -0.25) is 14.8 Å². The Bertz CT molecular complexity index is 1130. The van der Waals surface area contributed by atoms with Crippen LogP contribution in [0.1, 0.15) is 31.8 Å². The van der Waals surface area contributed by atoms with Crippen molar-refractivity contribution in [3.8, 4) is 11.4 Å². The fraction of sp³-hybridized carbons (Fsp3) is 0.350. The molecule has 1 atom stereocenters. The van der Waals surface area contributed by atoms with E-state index < -0.39 is 28.0 Å². The number of carbonyl (C=O) groups excluding carboxylic acids is 1. The first-order valence-corrected chi connectivity index (χ1v) is 11.2. The minimum absolute atomic E-state index is 0.144. The summed E-state index contributed by atoms with van der Waals surface area (Å²) in [5.41, 5.74) is 0.693. The molecule has 10 nitrogen and oxygen atoms in total. The lowest BCUT2D eigenvalue weighted by atomic mass is 9.98. The van der Waals surface area contributed by atoms with Crippen LogP contribution in [-0.2, 0) is 19.6 Å². The lowest BCUT2D eigenvalue weighted by Crippen LogP contribution is -2.40. The first-order chi connectivity index (χ1) is 14.9. The Morgan fingerprint density at radius 3 is 2.52 bits per heavy atom. The van der Waals surface area contributed by atoms with Gasteiger partial charge in [0, 0.05) is 43.4 Å². The van der Waals surface area contributed by atoms with E-state index in [1.165, 1.54) is 22.8 Å². The summed E-state index contributed by atoms with van der Waals surface area (Å²) in [4.78, 5) is 24.9. The number of sulfonamides is 1. The van der Waals surface area contributed by atoms with Crippen LogP contribution in [0.25, 0.3) is 11.4 Å². The number of hydrogen-bond acceptors (Lipinski definition) is 9. The molecule has 4 heterocycles. The summed E-state index contributed by atoms with van der Waals surface area (Å²) in [6.07, 6.45) is 6.11. The Morgan fingerprint density at radius 2 is 1.87 bits per heavy atom. The third kappa shape index (κ3) is 4.62. The smallest absolute Gasteiger partial charge is 0.309 e. The van der Waals surface area contributed by atoms with Crippen molar-refractivity contribution in [3.05, 3.63) is 54.9 Å². The zero-order chi connectivity index (χ0) is 21.8. The molecule has 0 radical (unpaired) electrons. The summed E-state index contributed by atoms with van der Waals surface area (Å²) >= 11 is 0. The van der Waals surface area contributed by atoms with Crippen LogP contribution in [0.5, 0.6) is 0 Å². The van der Waals surface area contributed by atoms with Crippen molar-refractivity contribution in [1.82, 2.24) is 24.4 Å². The molecule has 0 aromatic carbocycles. The molecule has 1 aliphatic rings. The van der Waals surface area contributed by atoms with Crippen LogP contribution in [0, 0.1) is 5.92 Å². The van der Waals surface area contributed by atoms with Crippen LogP contribution in [0.4, 0.5) is 0 Å². The molecule has 0 bridgehead atoms. The van der Waals surface area contributed by atoms with Crippen LogP contribution < -0.4 is 0 Å². The minimum Gasteiger partial charge on any atom is -0.452 e. The van der Waals surface area contributed by atoms with Crippen molar-refractivity contribution >= 4 is 16.0 Å².